The minimum absolute atomic E-state index is 0.0426. The lowest BCUT2D eigenvalue weighted by Gasteiger charge is -2.25. The van der Waals surface area contributed by atoms with Crippen molar-refractivity contribution >= 4 is 20.9 Å². The summed E-state index contributed by atoms with van der Waals surface area (Å²) in [6.45, 7) is 0.0426. The summed E-state index contributed by atoms with van der Waals surface area (Å²) >= 11 is 0. The van der Waals surface area contributed by atoms with E-state index in [2.05, 4.69) is 14.7 Å². The maximum atomic E-state index is 13.2. The molecule has 0 saturated heterocycles. The molecule has 0 aliphatic carbocycles. The number of nitrogens with zero attached hydrogens (tertiary/aromatic N) is 1. The lowest BCUT2D eigenvalue weighted by molar-refractivity contribution is 0.299. The summed E-state index contributed by atoms with van der Waals surface area (Å²) in [5.74, 6) is -0.374. The number of hydrogen-bond acceptors (Lipinski definition) is 5. The van der Waals surface area contributed by atoms with Gasteiger partial charge < -0.3 is 9.88 Å². The van der Waals surface area contributed by atoms with E-state index in [0.29, 0.717) is 0 Å². The van der Waals surface area contributed by atoms with Gasteiger partial charge in [0.1, 0.15) is 5.82 Å². The monoisotopic (exact) mass is 406 g/mol. The number of rotatable bonds is 6. The number of halogens is 1. The van der Waals surface area contributed by atoms with Crippen LogP contribution < -0.4 is 16.0 Å². The summed E-state index contributed by atoms with van der Waals surface area (Å²) in [5, 5.41) is 0.0603. The minimum atomic E-state index is -3.92. The molecule has 1 atom stereocenters. The first-order valence-electron chi connectivity index (χ1n) is 8.35. The van der Waals surface area contributed by atoms with Gasteiger partial charge in [0.05, 0.1) is 15.8 Å². The van der Waals surface area contributed by atoms with E-state index in [0.717, 1.165) is 5.56 Å². The number of nitrogens with one attached hydrogen (secondary N) is 3. The highest BCUT2D eigenvalue weighted by atomic mass is 32.2. The Labute approximate surface area is 160 Å². The highest BCUT2D eigenvalue weighted by Crippen LogP contribution is 2.20. The molecule has 3 aromatic rings. The normalized spacial score (nSPS) is 13.1. The summed E-state index contributed by atoms with van der Waals surface area (Å²) in [4.78, 5) is 29.4. The molecule has 0 unspecified atom stereocenters. The topological polar surface area (TPSA) is 115 Å². The standard InChI is InChI=1S/C18H19FN4O4S/c1-23(2)16(11-3-5-12(19)6-4-11)10-20-28(26,27)13-7-8-15-14(9-13)17(24)22-18(25)21-15/h3-9,16,20H,10H2,1-2H3,(H2,21,22,24,25)/t16-/m0/s1. The van der Waals surface area contributed by atoms with E-state index in [-0.39, 0.29) is 34.2 Å². The van der Waals surface area contributed by atoms with Crippen molar-refractivity contribution in [1.29, 1.82) is 0 Å². The third-order valence-corrected chi connectivity index (χ3v) is 5.79. The molecule has 0 amide bonds. The van der Waals surface area contributed by atoms with Crippen LogP contribution in [-0.2, 0) is 10.0 Å². The molecule has 0 aliphatic heterocycles. The lowest BCUT2D eigenvalue weighted by Crippen LogP contribution is -2.34. The first kappa shape index (κ1) is 19.9. The Morgan fingerprint density at radius 3 is 2.39 bits per heavy atom. The molecule has 8 nitrogen and oxygen atoms in total. The minimum Gasteiger partial charge on any atom is -0.307 e. The van der Waals surface area contributed by atoms with Gasteiger partial charge in [0, 0.05) is 12.6 Å². The fourth-order valence-electron chi connectivity index (χ4n) is 2.87. The van der Waals surface area contributed by atoms with Gasteiger partial charge in [0.2, 0.25) is 10.0 Å². The number of sulfonamides is 1. The summed E-state index contributed by atoms with van der Waals surface area (Å²) < 4.78 is 41.1. The highest BCUT2D eigenvalue weighted by Gasteiger charge is 2.20. The number of likely N-dealkylation sites (N-methyl/N-ethyl adjacent to an activating group) is 1. The third kappa shape index (κ3) is 4.19. The van der Waals surface area contributed by atoms with Gasteiger partial charge in [-0.2, -0.15) is 0 Å². The molecule has 0 bridgehead atoms. The number of hydrogen-bond donors (Lipinski definition) is 3. The van der Waals surface area contributed by atoms with Crippen LogP contribution in [0.2, 0.25) is 0 Å². The molecule has 0 radical (unpaired) electrons. The average Bonchev–Trinajstić information content (AvgIpc) is 2.62. The quantitative estimate of drug-likeness (QED) is 0.564. The van der Waals surface area contributed by atoms with Crippen LogP contribution in [0.4, 0.5) is 4.39 Å². The second-order valence-corrected chi connectivity index (χ2v) is 8.27. The molecule has 28 heavy (non-hydrogen) atoms. The Morgan fingerprint density at radius 2 is 1.75 bits per heavy atom. The van der Waals surface area contributed by atoms with Gasteiger partial charge in [-0.15, -0.1) is 0 Å². The first-order valence-corrected chi connectivity index (χ1v) is 9.83. The molecular formula is C18H19FN4O4S. The van der Waals surface area contributed by atoms with E-state index in [4.69, 9.17) is 0 Å². The molecule has 0 spiro atoms. The molecule has 0 saturated carbocycles. The van der Waals surface area contributed by atoms with Crippen LogP contribution in [0.1, 0.15) is 11.6 Å². The largest absolute Gasteiger partial charge is 0.326 e. The Kier molecular flexibility index (Phi) is 5.45. The summed E-state index contributed by atoms with van der Waals surface area (Å²) in [6.07, 6.45) is 0. The van der Waals surface area contributed by atoms with Gasteiger partial charge in [-0.25, -0.2) is 22.3 Å². The van der Waals surface area contributed by atoms with Gasteiger partial charge >= 0.3 is 5.69 Å². The molecule has 0 fully saturated rings. The second kappa shape index (κ2) is 7.66. The molecule has 3 N–H and O–H groups in total. The van der Waals surface area contributed by atoms with Crippen molar-refractivity contribution < 1.29 is 12.8 Å². The zero-order chi connectivity index (χ0) is 20.5. The van der Waals surface area contributed by atoms with Crippen LogP contribution in [0.5, 0.6) is 0 Å². The summed E-state index contributed by atoms with van der Waals surface area (Å²) in [7, 11) is -0.347. The number of aromatic amines is 2. The Bertz CT molecular complexity index is 1220. The van der Waals surface area contributed by atoms with E-state index in [9.17, 15) is 22.4 Å². The van der Waals surface area contributed by atoms with Crippen molar-refractivity contribution in [2.75, 3.05) is 20.6 Å². The van der Waals surface area contributed by atoms with Crippen molar-refractivity contribution in [3.05, 3.63) is 74.7 Å². The van der Waals surface area contributed by atoms with Crippen molar-refractivity contribution in [3.8, 4) is 0 Å². The number of H-pyrrole nitrogens is 2. The number of aromatic nitrogens is 2. The van der Waals surface area contributed by atoms with E-state index < -0.39 is 21.3 Å². The predicted molar refractivity (Wildman–Crippen MR) is 103 cm³/mol. The predicted octanol–water partition coefficient (Wildman–Crippen LogP) is 0.937. The molecule has 2 aromatic carbocycles. The van der Waals surface area contributed by atoms with Crippen molar-refractivity contribution in [1.82, 2.24) is 19.6 Å². The van der Waals surface area contributed by atoms with Crippen LogP contribution >= 0.6 is 0 Å². The summed E-state index contributed by atoms with van der Waals surface area (Å²) in [6, 6.07) is 9.38. The molecule has 3 rings (SSSR count). The molecule has 1 heterocycles. The Balaban J connectivity index is 1.88. The van der Waals surface area contributed by atoms with E-state index >= 15 is 0 Å². The van der Waals surface area contributed by atoms with Crippen LogP contribution in [0.15, 0.2) is 56.9 Å². The number of fused-ring (bicyclic) bond motifs is 1. The van der Waals surface area contributed by atoms with Crippen molar-refractivity contribution in [2.24, 2.45) is 0 Å². The SMILES string of the molecule is CN(C)[C@@H](CNS(=O)(=O)c1ccc2[nH]c(=O)[nH]c(=O)c2c1)c1ccc(F)cc1. The third-order valence-electron chi connectivity index (χ3n) is 4.37. The zero-order valence-corrected chi connectivity index (χ0v) is 16.0. The van der Waals surface area contributed by atoms with Crippen molar-refractivity contribution in [2.45, 2.75) is 10.9 Å². The fourth-order valence-corrected chi connectivity index (χ4v) is 3.93. The van der Waals surface area contributed by atoms with E-state index in [1.807, 2.05) is 4.90 Å². The number of benzene rings is 2. The molecule has 10 heteroatoms. The highest BCUT2D eigenvalue weighted by molar-refractivity contribution is 7.89. The van der Waals surface area contributed by atoms with Gasteiger partial charge in [-0.3, -0.25) is 9.78 Å². The smallest absolute Gasteiger partial charge is 0.307 e. The Hall–Kier alpha value is -2.82. The van der Waals surface area contributed by atoms with Crippen LogP contribution in [0.25, 0.3) is 10.9 Å². The fraction of sp³-hybridized carbons (Fsp3) is 0.222. The lowest BCUT2D eigenvalue weighted by atomic mass is 10.1. The summed E-state index contributed by atoms with van der Waals surface area (Å²) in [5.41, 5.74) is -0.348. The van der Waals surface area contributed by atoms with Gasteiger partial charge in [-0.1, -0.05) is 12.1 Å². The zero-order valence-electron chi connectivity index (χ0n) is 15.2. The van der Waals surface area contributed by atoms with Gasteiger partial charge in [0.15, 0.2) is 0 Å². The van der Waals surface area contributed by atoms with Gasteiger partial charge in [-0.05, 0) is 50.0 Å². The maximum absolute atomic E-state index is 13.2. The van der Waals surface area contributed by atoms with Crippen LogP contribution in [-0.4, -0.2) is 43.9 Å². The molecule has 0 aliphatic rings. The second-order valence-electron chi connectivity index (χ2n) is 6.50. The van der Waals surface area contributed by atoms with Crippen molar-refractivity contribution in [3.63, 3.8) is 0 Å². The first-order chi connectivity index (χ1) is 13.2. The van der Waals surface area contributed by atoms with Crippen LogP contribution in [0, 0.1) is 5.82 Å². The van der Waals surface area contributed by atoms with E-state index in [1.54, 1.807) is 26.2 Å². The van der Waals surface area contributed by atoms with Crippen LogP contribution in [0.3, 0.4) is 0 Å². The molecular weight excluding hydrogens is 387 g/mol. The Morgan fingerprint density at radius 1 is 1.07 bits per heavy atom. The molecule has 1 aromatic heterocycles. The van der Waals surface area contributed by atoms with Gasteiger partial charge in [0.25, 0.3) is 5.56 Å². The average molecular weight is 406 g/mol. The maximum Gasteiger partial charge on any atom is 0.326 e. The molecule has 148 valence electrons. The van der Waals surface area contributed by atoms with E-state index in [1.165, 1.54) is 30.3 Å².